The first-order chi connectivity index (χ1) is 8.19. The average Bonchev–Trinajstić information content (AvgIpc) is 2.76. The molecule has 1 fully saturated rings. The summed E-state index contributed by atoms with van der Waals surface area (Å²) < 4.78 is 0. The normalized spacial score (nSPS) is 23.1. The summed E-state index contributed by atoms with van der Waals surface area (Å²) in [4.78, 5) is 11.8. The lowest BCUT2D eigenvalue weighted by Gasteiger charge is -2.11. The number of aliphatic hydroxyl groups excluding tert-OH is 1. The van der Waals surface area contributed by atoms with Crippen molar-refractivity contribution in [1.29, 1.82) is 0 Å². The highest BCUT2D eigenvalue weighted by molar-refractivity contribution is 5.95. The molecule has 88 valence electrons. The van der Waals surface area contributed by atoms with E-state index in [2.05, 4.69) is 16.6 Å². The van der Waals surface area contributed by atoms with Crippen molar-refractivity contribution in [3.63, 3.8) is 0 Å². The molecule has 1 heterocycles. The number of anilines is 1. The Morgan fingerprint density at radius 3 is 3.06 bits per heavy atom. The summed E-state index contributed by atoms with van der Waals surface area (Å²) in [5, 5.41) is 15.1. The van der Waals surface area contributed by atoms with Crippen LogP contribution in [0.1, 0.15) is 12.0 Å². The highest BCUT2D eigenvalue weighted by Gasteiger charge is 2.27. The van der Waals surface area contributed by atoms with E-state index in [-0.39, 0.29) is 11.9 Å². The number of terminal acetylenes is 1. The molecule has 0 spiro atoms. The molecule has 2 unspecified atom stereocenters. The van der Waals surface area contributed by atoms with Crippen LogP contribution in [-0.4, -0.2) is 29.7 Å². The summed E-state index contributed by atoms with van der Waals surface area (Å²) >= 11 is 0. The summed E-state index contributed by atoms with van der Waals surface area (Å²) in [6.07, 6.45) is 5.28. The van der Waals surface area contributed by atoms with E-state index < -0.39 is 6.10 Å². The summed E-state index contributed by atoms with van der Waals surface area (Å²) in [7, 11) is 0. The summed E-state index contributed by atoms with van der Waals surface area (Å²) in [5.41, 5.74) is 1.40. The van der Waals surface area contributed by atoms with Crippen molar-refractivity contribution in [2.24, 2.45) is 0 Å². The van der Waals surface area contributed by atoms with E-state index in [4.69, 9.17) is 6.42 Å². The third kappa shape index (κ3) is 2.84. The van der Waals surface area contributed by atoms with Crippen LogP contribution < -0.4 is 10.6 Å². The topological polar surface area (TPSA) is 61.4 Å². The largest absolute Gasteiger partial charge is 0.392 e. The van der Waals surface area contributed by atoms with E-state index in [1.165, 1.54) is 0 Å². The second-order valence-electron chi connectivity index (χ2n) is 4.06. The number of β-amino-alcohol motifs (C(OH)–C–C–N with tert-alkyl or cyclic N) is 1. The van der Waals surface area contributed by atoms with E-state index >= 15 is 0 Å². The molecule has 1 aliphatic heterocycles. The van der Waals surface area contributed by atoms with Gasteiger partial charge in [0.25, 0.3) is 0 Å². The van der Waals surface area contributed by atoms with Gasteiger partial charge in [0.05, 0.1) is 12.1 Å². The number of hydrogen-bond donors (Lipinski definition) is 3. The maximum Gasteiger partial charge on any atom is 0.241 e. The van der Waals surface area contributed by atoms with Crippen molar-refractivity contribution < 1.29 is 9.90 Å². The fourth-order valence-electron chi connectivity index (χ4n) is 1.83. The van der Waals surface area contributed by atoms with Gasteiger partial charge < -0.3 is 15.7 Å². The van der Waals surface area contributed by atoms with Gasteiger partial charge in [-0.3, -0.25) is 4.79 Å². The highest BCUT2D eigenvalue weighted by Crippen LogP contribution is 2.12. The molecule has 1 amide bonds. The summed E-state index contributed by atoms with van der Waals surface area (Å²) in [6, 6.07) is 6.78. The lowest BCUT2D eigenvalue weighted by atomic mass is 10.1. The molecule has 0 radical (unpaired) electrons. The predicted molar refractivity (Wildman–Crippen MR) is 65.4 cm³/mol. The molecule has 4 nitrogen and oxygen atoms in total. The van der Waals surface area contributed by atoms with Crippen molar-refractivity contribution in [2.45, 2.75) is 18.6 Å². The van der Waals surface area contributed by atoms with Crippen LogP contribution in [0.4, 0.5) is 5.69 Å². The van der Waals surface area contributed by atoms with Crippen LogP contribution in [0.2, 0.25) is 0 Å². The molecule has 0 aromatic heterocycles. The first kappa shape index (κ1) is 11.6. The molecule has 4 heteroatoms. The third-order valence-electron chi connectivity index (χ3n) is 2.72. The molecule has 1 aliphatic rings. The molecule has 1 aromatic rings. The minimum Gasteiger partial charge on any atom is -0.392 e. The van der Waals surface area contributed by atoms with Crippen molar-refractivity contribution in [2.75, 3.05) is 11.9 Å². The maximum atomic E-state index is 11.8. The lowest BCUT2D eigenvalue weighted by Crippen LogP contribution is -2.35. The van der Waals surface area contributed by atoms with Crippen LogP contribution in [0.3, 0.4) is 0 Å². The van der Waals surface area contributed by atoms with Gasteiger partial charge in [0.2, 0.25) is 5.91 Å². The van der Waals surface area contributed by atoms with Gasteiger partial charge >= 0.3 is 0 Å². The first-order valence-electron chi connectivity index (χ1n) is 5.48. The Morgan fingerprint density at radius 1 is 1.59 bits per heavy atom. The fraction of sp³-hybridized carbons (Fsp3) is 0.308. The second kappa shape index (κ2) is 5.00. The highest BCUT2D eigenvalue weighted by atomic mass is 16.3. The van der Waals surface area contributed by atoms with Gasteiger partial charge in [0.15, 0.2) is 0 Å². The van der Waals surface area contributed by atoms with E-state index in [1.807, 2.05) is 0 Å². The molecule has 1 aromatic carbocycles. The van der Waals surface area contributed by atoms with Gasteiger partial charge in [-0.15, -0.1) is 6.42 Å². The minimum absolute atomic E-state index is 0.143. The molecular formula is C13H14N2O2. The maximum absolute atomic E-state index is 11.8. The average molecular weight is 230 g/mol. The van der Waals surface area contributed by atoms with Gasteiger partial charge in [-0.2, -0.15) is 0 Å². The first-order valence-corrected chi connectivity index (χ1v) is 5.48. The van der Waals surface area contributed by atoms with Crippen LogP contribution in [0.5, 0.6) is 0 Å². The molecule has 2 atom stereocenters. The van der Waals surface area contributed by atoms with Crippen molar-refractivity contribution in [3.05, 3.63) is 29.8 Å². The van der Waals surface area contributed by atoms with Gasteiger partial charge in [-0.1, -0.05) is 12.0 Å². The van der Waals surface area contributed by atoms with E-state index in [0.717, 1.165) is 5.56 Å². The van der Waals surface area contributed by atoms with Crippen molar-refractivity contribution in [3.8, 4) is 12.3 Å². The van der Waals surface area contributed by atoms with Crippen LogP contribution in [-0.2, 0) is 4.79 Å². The zero-order valence-corrected chi connectivity index (χ0v) is 9.31. The standard InChI is InChI=1S/C13H14N2O2/c1-2-9-4-3-5-10(6-9)15-13(17)12-7-11(16)8-14-12/h1,3-6,11-12,14,16H,7-8H2,(H,15,17). The van der Waals surface area contributed by atoms with Gasteiger partial charge in [-0.05, 0) is 24.6 Å². The zero-order chi connectivity index (χ0) is 12.3. The van der Waals surface area contributed by atoms with E-state index in [0.29, 0.717) is 18.7 Å². The molecule has 3 N–H and O–H groups in total. The molecule has 1 saturated heterocycles. The zero-order valence-electron chi connectivity index (χ0n) is 9.31. The Bertz CT molecular complexity index is 465. The number of nitrogens with one attached hydrogen (secondary N) is 2. The number of benzene rings is 1. The van der Waals surface area contributed by atoms with Crippen LogP contribution in [0, 0.1) is 12.3 Å². The monoisotopic (exact) mass is 230 g/mol. The Labute approximate surface area is 100 Å². The SMILES string of the molecule is C#Cc1cccc(NC(=O)C2CC(O)CN2)c1. The lowest BCUT2D eigenvalue weighted by molar-refractivity contribution is -0.117. The van der Waals surface area contributed by atoms with Crippen molar-refractivity contribution >= 4 is 11.6 Å². The van der Waals surface area contributed by atoms with E-state index in [1.54, 1.807) is 24.3 Å². The number of aliphatic hydroxyl groups is 1. The van der Waals surface area contributed by atoms with Crippen LogP contribution in [0.25, 0.3) is 0 Å². The number of hydrogen-bond acceptors (Lipinski definition) is 3. The molecule has 0 bridgehead atoms. The number of carbonyl (C=O) groups excluding carboxylic acids is 1. The molecular weight excluding hydrogens is 216 g/mol. The van der Waals surface area contributed by atoms with Crippen LogP contribution >= 0.6 is 0 Å². The van der Waals surface area contributed by atoms with Crippen molar-refractivity contribution in [1.82, 2.24) is 5.32 Å². The van der Waals surface area contributed by atoms with Crippen LogP contribution in [0.15, 0.2) is 24.3 Å². The predicted octanol–water partition coefficient (Wildman–Crippen LogP) is 0.329. The Kier molecular flexibility index (Phi) is 3.43. The fourth-order valence-corrected chi connectivity index (χ4v) is 1.83. The summed E-state index contributed by atoms with van der Waals surface area (Å²) in [6.45, 7) is 0.461. The number of rotatable bonds is 2. The Hall–Kier alpha value is -1.83. The quantitative estimate of drug-likeness (QED) is 0.642. The number of carbonyl (C=O) groups is 1. The molecule has 17 heavy (non-hydrogen) atoms. The van der Waals surface area contributed by atoms with Gasteiger partial charge in [-0.25, -0.2) is 0 Å². The Balaban J connectivity index is 2.01. The smallest absolute Gasteiger partial charge is 0.241 e. The van der Waals surface area contributed by atoms with Gasteiger partial charge in [0, 0.05) is 17.8 Å². The number of amides is 1. The molecule has 0 aliphatic carbocycles. The summed E-state index contributed by atoms with van der Waals surface area (Å²) in [5.74, 6) is 2.37. The second-order valence-corrected chi connectivity index (χ2v) is 4.06. The van der Waals surface area contributed by atoms with Gasteiger partial charge in [0.1, 0.15) is 0 Å². The van der Waals surface area contributed by atoms with E-state index in [9.17, 15) is 9.90 Å². The Morgan fingerprint density at radius 2 is 2.41 bits per heavy atom. The molecule has 0 saturated carbocycles. The molecule has 2 rings (SSSR count). The minimum atomic E-state index is -0.442. The third-order valence-corrected chi connectivity index (χ3v) is 2.72.